The molecule has 2 aromatic rings. The molecule has 1 saturated carbocycles. The molecule has 1 N–H and O–H groups in total. The van der Waals surface area contributed by atoms with E-state index in [0.29, 0.717) is 36.3 Å². The number of nitrogens with one attached hydrogen (secondary N) is 1. The van der Waals surface area contributed by atoms with Gasteiger partial charge in [-0.1, -0.05) is 11.6 Å². The molecule has 0 radical (unpaired) electrons. The van der Waals surface area contributed by atoms with Crippen molar-refractivity contribution in [2.75, 3.05) is 18.5 Å². The molecule has 2 aliphatic rings. The maximum atomic E-state index is 11.7. The second kappa shape index (κ2) is 6.84. The van der Waals surface area contributed by atoms with Crippen LogP contribution in [0.4, 0.5) is 5.69 Å². The number of fused-ring (bicyclic) bond motifs is 1. The Balaban J connectivity index is 1.38. The molecule has 2 aromatic carbocycles. The molecule has 0 unspecified atom stereocenters. The Kier molecular flexibility index (Phi) is 4.40. The molecule has 5 nitrogen and oxygen atoms in total. The van der Waals surface area contributed by atoms with E-state index in [2.05, 4.69) is 5.32 Å². The smallest absolute Gasteiger partial charge is 0.227 e. The van der Waals surface area contributed by atoms with Gasteiger partial charge >= 0.3 is 0 Å². The number of anilines is 1. The van der Waals surface area contributed by atoms with Crippen LogP contribution in [0.5, 0.6) is 17.2 Å². The van der Waals surface area contributed by atoms with Crippen LogP contribution in [0.3, 0.4) is 0 Å². The van der Waals surface area contributed by atoms with Gasteiger partial charge in [-0.3, -0.25) is 4.79 Å². The third-order valence-electron chi connectivity index (χ3n) is 4.13. The Morgan fingerprint density at radius 3 is 2.68 bits per heavy atom. The molecule has 1 amide bonds. The van der Waals surface area contributed by atoms with Gasteiger partial charge in [0.1, 0.15) is 25.6 Å². The molecule has 0 aromatic heterocycles. The minimum atomic E-state index is 0.0968. The van der Waals surface area contributed by atoms with Crippen molar-refractivity contribution in [3.8, 4) is 17.2 Å². The summed E-state index contributed by atoms with van der Waals surface area (Å²) in [5.41, 5.74) is 1.69. The van der Waals surface area contributed by atoms with Crippen molar-refractivity contribution in [3.05, 3.63) is 47.0 Å². The van der Waals surface area contributed by atoms with Crippen LogP contribution < -0.4 is 19.5 Å². The molecule has 0 spiro atoms. The van der Waals surface area contributed by atoms with E-state index in [1.807, 2.05) is 36.4 Å². The van der Waals surface area contributed by atoms with E-state index in [1.165, 1.54) is 0 Å². The van der Waals surface area contributed by atoms with Gasteiger partial charge in [0.25, 0.3) is 0 Å². The molecular weight excluding hydrogens is 342 g/mol. The van der Waals surface area contributed by atoms with E-state index >= 15 is 0 Å². The Hall–Kier alpha value is -2.40. The normalized spacial score (nSPS) is 15.6. The highest BCUT2D eigenvalue weighted by Gasteiger charge is 2.29. The van der Waals surface area contributed by atoms with Crippen LogP contribution in [0.1, 0.15) is 18.4 Å². The van der Waals surface area contributed by atoms with Crippen molar-refractivity contribution in [1.29, 1.82) is 0 Å². The van der Waals surface area contributed by atoms with E-state index in [0.717, 1.165) is 29.8 Å². The van der Waals surface area contributed by atoms with E-state index < -0.39 is 0 Å². The minimum absolute atomic E-state index is 0.0968. The summed E-state index contributed by atoms with van der Waals surface area (Å²) >= 11 is 6.23. The summed E-state index contributed by atoms with van der Waals surface area (Å²) in [5, 5.41) is 3.43. The first kappa shape index (κ1) is 16.1. The highest BCUT2D eigenvalue weighted by Crippen LogP contribution is 2.38. The number of benzene rings is 2. The molecule has 1 fully saturated rings. The Morgan fingerprint density at radius 1 is 1.16 bits per heavy atom. The summed E-state index contributed by atoms with van der Waals surface area (Å²) in [4.78, 5) is 11.7. The second-order valence-corrected chi connectivity index (χ2v) is 6.59. The molecule has 130 valence electrons. The van der Waals surface area contributed by atoms with Gasteiger partial charge in [0.05, 0.1) is 5.02 Å². The van der Waals surface area contributed by atoms with E-state index in [1.54, 1.807) is 0 Å². The Bertz CT molecular complexity index is 787. The minimum Gasteiger partial charge on any atom is -0.489 e. The highest BCUT2D eigenvalue weighted by molar-refractivity contribution is 6.32. The van der Waals surface area contributed by atoms with Gasteiger partial charge in [-0.05, 0) is 54.8 Å². The molecule has 25 heavy (non-hydrogen) atoms. The number of carbonyl (C=O) groups is 1. The predicted molar refractivity (Wildman–Crippen MR) is 94.6 cm³/mol. The van der Waals surface area contributed by atoms with E-state index in [-0.39, 0.29) is 11.8 Å². The lowest BCUT2D eigenvalue weighted by molar-refractivity contribution is -0.117. The standard InChI is InChI=1S/C19H18ClNO4/c20-16-9-12(10-17-18(16)24-8-7-23-17)11-25-15-5-3-14(4-6-15)21-19(22)13-1-2-13/h3-6,9-10,13H,1-2,7-8,11H2,(H,21,22). The number of amides is 1. The lowest BCUT2D eigenvalue weighted by Gasteiger charge is -2.20. The third-order valence-corrected chi connectivity index (χ3v) is 4.41. The van der Waals surface area contributed by atoms with Gasteiger partial charge in [0.15, 0.2) is 11.5 Å². The quantitative estimate of drug-likeness (QED) is 0.875. The fraction of sp³-hybridized carbons (Fsp3) is 0.316. The number of ether oxygens (including phenoxy) is 3. The van der Waals surface area contributed by atoms with Crippen molar-refractivity contribution in [1.82, 2.24) is 0 Å². The SMILES string of the molecule is O=C(Nc1ccc(OCc2cc(Cl)c3c(c2)OCCO3)cc1)C1CC1. The molecule has 4 rings (SSSR count). The summed E-state index contributed by atoms with van der Waals surface area (Å²) in [7, 11) is 0. The zero-order chi connectivity index (χ0) is 17.2. The summed E-state index contributed by atoms with van der Waals surface area (Å²) in [6.45, 7) is 1.39. The van der Waals surface area contributed by atoms with Gasteiger partial charge in [-0.15, -0.1) is 0 Å². The molecule has 0 atom stereocenters. The maximum Gasteiger partial charge on any atom is 0.227 e. The number of carbonyl (C=O) groups excluding carboxylic acids is 1. The molecular formula is C19H18ClNO4. The number of hydrogen-bond acceptors (Lipinski definition) is 4. The van der Waals surface area contributed by atoms with Crippen LogP contribution in [0.25, 0.3) is 0 Å². The first-order valence-electron chi connectivity index (χ1n) is 8.31. The second-order valence-electron chi connectivity index (χ2n) is 6.18. The predicted octanol–water partition coefficient (Wildman–Crippen LogP) is 4.04. The van der Waals surface area contributed by atoms with Crippen LogP contribution in [-0.2, 0) is 11.4 Å². The molecule has 1 heterocycles. The molecule has 0 bridgehead atoms. The largest absolute Gasteiger partial charge is 0.489 e. The van der Waals surface area contributed by atoms with Gasteiger partial charge in [-0.25, -0.2) is 0 Å². The van der Waals surface area contributed by atoms with Gasteiger partial charge in [0, 0.05) is 11.6 Å². The number of halogens is 1. The van der Waals surface area contributed by atoms with Gasteiger partial charge < -0.3 is 19.5 Å². The zero-order valence-corrected chi connectivity index (χ0v) is 14.3. The van der Waals surface area contributed by atoms with E-state index in [9.17, 15) is 4.79 Å². The highest BCUT2D eigenvalue weighted by atomic mass is 35.5. The van der Waals surface area contributed by atoms with Crippen molar-refractivity contribution in [3.63, 3.8) is 0 Å². The van der Waals surface area contributed by atoms with E-state index in [4.69, 9.17) is 25.8 Å². The summed E-state index contributed by atoms with van der Waals surface area (Å²) in [5.74, 6) is 2.24. The average Bonchev–Trinajstić information content (AvgIpc) is 3.46. The number of hydrogen-bond donors (Lipinski definition) is 1. The first-order valence-corrected chi connectivity index (χ1v) is 8.68. The number of rotatable bonds is 5. The Labute approximate surface area is 150 Å². The van der Waals surface area contributed by atoms with Crippen molar-refractivity contribution >= 4 is 23.2 Å². The lowest BCUT2D eigenvalue weighted by Crippen LogP contribution is -2.16. The molecule has 6 heteroatoms. The first-order chi connectivity index (χ1) is 12.2. The van der Waals surface area contributed by atoms with Crippen LogP contribution in [0.15, 0.2) is 36.4 Å². The van der Waals surface area contributed by atoms with Crippen LogP contribution in [0, 0.1) is 5.92 Å². The Morgan fingerprint density at radius 2 is 1.92 bits per heavy atom. The van der Waals surface area contributed by atoms with Crippen molar-refractivity contribution in [2.45, 2.75) is 19.4 Å². The van der Waals surface area contributed by atoms with Crippen LogP contribution in [-0.4, -0.2) is 19.1 Å². The fourth-order valence-electron chi connectivity index (χ4n) is 2.64. The van der Waals surface area contributed by atoms with Gasteiger partial charge in [0.2, 0.25) is 5.91 Å². The zero-order valence-electron chi connectivity index (χ0n) is 13.6. The van der Waals surface area contributed by atoms with Crippen molar-refractivity contribution < 1.29 is 19.0 Å². The topological polar surface area (TPSA) is 56.8 Å². The maximum absolute atomic E-state index is 11.7. The van der Waals surface area contributed by atoms with Crippen molar-refractivity contribution in [2.24, 2.45) is 5.92 Å². The summed E-state index contributed by atoms with van der Waals surface area (Å²) < 4.78 is 16.9. The van der Waals surface area contributed by atoms with Crippen LogP contribution >= 0.6 is 11.6 Å². The van der Waals surface area contributed by atoms with Crippen LogP contribution in [0.2, 0.25) is 5.02 Å². The summed E-state index contributed by atoms with van der Waals surface area (Å²) in [6.07, 6.45) is 1.98. The third kappa shape index (κ3) is 3.82. The summed E-state index contributed by atoms with van der Waals surface area (Å²) in [6, 6.07) is 11.0. The molecule has 1 aliphatic carbocycles. The molecule has 0 saturated heterocycles. The fourth-order valence-corrected chi connectivity index (χ4v) is 2.93. The average molecular weight is 360 g/mol. The lowest BCUT2D eigenvalue weighted by atomic mass is 10.2. The monoisotopic (exact) mass is 359 g/mol. The molecule has 1 aliphatic heterocycles. The van der Waals surface area contributed by atoms with Gasteiger partial charge in [-0.2, -0.15) is 0 Å².